The topological polar surface area (TPSA) is 38.3 Å². The van der Waals surface area contributed by atoms with Crippen LogP contribution in [-0.2, 0) is 9.53 Å². The molecule has 0 aromatic rings. The lowest BCUT2D eigenvalue weighted by molar-refractivity contribution is -0.143. The van der Waals surface area contributed by atoms with Crippen LogP contribution in [0.3, 0.4) is 0 Å². The van der Waals surface area contributed by atoms with Crippen LogP contribution in [-0.4, -0.2) is 25.2 Å². The predicted octanol–water partition coefficient (Wildman–Crippen LogP) is 0.939. The van der Waals surface area contributed by atoms with Crippen molar-refractivity contribution in [1.29, 1.82) is 0 Å². The van der Waals surface area contributed by atoms with Gasteiger partial charge in [-0.1, -0.05) is 12.8 Å². The quantitative estimate of drug-likeness (QED) is 0.524. The van der Waals surface area contributed by atoms with Gasteiger partial charge in [-0.05, 0) is 25.2 Å². The van der Waals surface area contributed by atoms with Crippen molar-refractivity contribution in [2.75, 3.05) is 7.11 Å². The summed E-state index contributed by atoms with van der Waals surface area (Å²) in [6, 6.07) is -0.235. The van der Waals surface area contributed by atoms with Gasteiger partial charge < -0.3 is 4.74 Å². The van der Waals surface area contributed by atoms with Gasteiger partial charge in [0.2, 0.25) is 0 Å². The average molecular weight is 195 g/mol. The first kappa shape index (κ1) is 11.1. The molecule has 0 aromatic heterocycles. The van der Waals surface area contributed by atoms with Gasteiger partial charge in [-0.2, -0.15) is 0 Å². The Balaban J connectivity index is 2.51. The van der Waals surface area contributed by atoms with Crippen LogP contribution in [0.5, 0.6) is 0 Å². The van der Waals surface area contributed by atoms with Gasteiger partial charge in [-0.25, -0.2) is 0 Å². The lowest BCUT2D eigenvalue weighted by Crippen LogP contribution is -2.44. The van der Waals surface area contributed by atoms with Crippen LogP contribution in [0.2, 0.25) is 0 Å². The number of nitrogens with one attached hydrogen (secondary N) is 1. The highest BCUT2D eigenvalue weighted by atomic mass is 16.5. The van der Waals surface area contributed by atoms with E-state index in [1.165, 1.54) is 7.11 Å². The lowest BCUT2D eigenvalue weighted by atomic mass is 10.1. The molecule has 1 N–H and O–H groups in total. The average Bonchev–Trinajstić information content (AvgIpc) is 3.02. The molecule has 1 fully saturated rings. The molecular weight excluding hydrogens is 178 g/mol. The number of esters is 1. The normalized spacial score (nSPS) is 19.5. The Hall–Kier alpha value is -1.01. The van der Waals surface area contributed by atoms with E-state index in [1.54, 1.807) is 0 Å². The molecule has 3 nitrogen and oxygen atoms in total. The highest BCUT2D eigenvalue weighted by molar-refractivity contribution is 5.76. The molecule has 0 spiro atoms. The summed E-state index contributed by atoms with van der Waals surface area (Å²) in [5.74, 6) is 2.85. The van der Waals surface area contributed by atoms with Crippen molar-refractivity contribution in [3.8, 4) is 12.3 Å². The minimum atomic E-state index is -0.207. The van der Waals surface area contributed by atoms with E-state index in [4.69, 9.17) is 11.2 Å². The number of terminal acetylenes is 1. The molecule has 3 heteroatoms. The predicted molar refractivity (Wildman–Crippen MR) is 54.6 cm³/mol. The molecule has 1 aliphatic rings. The SMILES string of the molecule is C#CC(CC)NC(C(=O)OC)C1CC1. The van der Waals surface area contributed by atoms with Crippen LogP contribution in [0, 0.1) is 18.3 Å². The first-order chi connectivity index (χ1) is 6.72. The molecule has 0 bridgehead atoms. The van der Waals surface area contributed by atoms with Crippen molar-refractivity contribution >= 4 is 5.97 Å². The van der Waals surface area contributed by atoms with Crippen molar-refractivity contribution in [2.24, 2.45) is 5.92 Å². The zero-order valence-electron chi connectivity index (χ0n) is 8.75. The summed E-state index contributed by atoms with van der Waals surface area (Å²) in [6.07, 6.45) is 8.34. The van der Waals surface area contributed by atoms with Crippen LogP contribution in [0.4, 0.5) is 0 Å². The summed E-state index contributed by atoms with van der Waals surface area (Å²) in [7, 11) is 1.41. The fourth-order valence-corrected chi connectivity index (χ4v) is 1.45. The highest BCUT2D eigenvalue weighted by Crippen LogP contribution is 2.33. The van der Waals surface area contributed by atoms with E-state index in [-0.39, 0.29) is 18.1 Å². The van der Waals surface area contributed by atoms with Gasteiger partial charge in [0.05, 0.1) is 13.2 Å². The Morgan fingerprint density at radius 2 is 2.36 bits per heavy atom. The number of ether oxygens (including phenoxy) is 1. The van der Waals surface area contributed by atoms with E-state index >= 15 is 0 Å². The molecule has 0 radical (unpaired) electrons. The van der Waals surface area contributed by atoms with E-state index in [0.717, 1.165) is 19.3 Å². The summed E-state index contributed by atoms with van der Waals surface area (Å²) in [5.41, 5.74) is 0. The summed E-state index contributed by atoms with van der Waals surface area (Å²) >= 11 is 0. The molecule has 0 saturated heterocycles. The van der Waals surface area contributed by atoms with Gasteiger partial charge in [-0.15, -0.1) is 6.42 Å². The molecule has 0 aromatic carbocycles. The van der Waals surface area contributed by atoms with Gasteiger partial charge >= 0.3 is 5.97 Å². The van der Waals surface area contributed by atoms with E-state index in [9.17, 15) is 4.79 Å². The van der Waals surface area contributed by atoms with Crippen LogP contribution in [0.15, 0.2) is 0 Å². The maximum Gasteiger partial charge on any atom is 0.323 e. The number of methoxy groups -OCH3 is 1. The third-order valence-electron chi connectivity index (χ3n) is 2.54. The van der Waals surface area contributed by atoms with E-state index in [0.29, 0.717) is 5.92 Å². The zero-order valence-corrected chi connectivity index (χ0v) is 8.75. The van der Waals surface area contributed by atoms with Gasteiger partial charge in [0.25, 0.3) is 0 Å². The Kier molecular flexibility index (Phi) is 3.97. The van der Waals surface area contributed by atoms with Gasteiger partial charge in [0.1, 0.15) is 6.04 Å². The molecule has 14 heavy (non-hydrogen) atoms. The maximum atomic E-state index is 11.4. The van der Waals surface area contributed by atoms with E-state index in [1.807, 2.05) is 6.92 Å². The van der Waals surface area contributed by atoms with Gasteiger partial charge in [0, 0.05) is 0 Å². The smallest absolute Gasteiger partial charge is 0.323 e. The highest BCUT2D eigenvalue weighted by Gasteiger charge is 2.37. The Labute approximate surface area is 85.2 Å². The molecule has 2 unspecified atom stereocenters. The van der Waals surface area contributed by atoms with Crippen LogP contribution in [0.1, 0.15) is 26.2 Å². The fourth-order valence-electron chi connectivity index (χ4n) is 1.45. The Morgan fingerprint density at radius 1 is 1.71 bits per heavy atom. The molecule has 1 saturated carbocycles. The molecule has 0 aliphatic heterocycles. The molecule has 0 heterocycles. The summed E-state index contributed by atoms with van der Waals surface area (Å²) < 4.78 is 4.73. The van der Waals surface area contributed by atoms with Crippen LogP contribution in [0.25, 0.3) is 0 Å². The van der Waals surface area contributed by atoms with Gasteiger partial charge in [-0.3, -0.25) is 10.1 Å². The molecule has 78 valence electrons. The third-order valence-corrected chi connectivity index (χ3v) is 2.54. The molecular formula is C11H17NO2. The number of carbonyl (C=O) groups is 1. The zero-order chi connectivity index (χ0) is 10.6. The van der Waals surface area contributed by atoms with Crippen molar-refractivity contribution in [1.82, 2.24) is 5.32 Å². The van der Waals surface area contributed by atoms with Crippen molar-refractivity contribution in [3.63, 3.8) is 0 Å². The third kappa shape index (κ3) is 2.74. The molecule has 1 aliphatic carbocycles. The number of hydrogen-bond acceptors (Lipinski definition) is 3. The molecule has 2 atom stereocenters. The second-order valence-electron chi connectivity index (χ2n) is 3.63. The standard InChI is InChI=1S/C11H17NO2/c1-4-9(5-2)12-10(8-6-7-8)11(13)14-3/h1,8-10,12H,5-7H2,2-3H3. The fraction of sp³-hybridized carbons (Fsp3) is 0.727. The van der Waals surface area contributed by atoms with Crippen molar-refractivity contribution in [3.05, 3.63) is 0 Å². The monoisotopic (exact) mass is 195 g/mol. The summed E-state index contributed by atoms with van der Waals surface area (Å²) in [5, 5.41) is 3.16. The second kappa shape index (κ2) is 5.02. The number of rotatable bonds is 5. The van der Waals surface area contributed by atoms with E-state index in [2.05, 4.69) is 11.2 Å². The largest absolute Gasteiger partial charge is 0.468 e. The minimum absolute atomic E-state index is 0.0281. The molecule has 0 amide bonds. The lowest BCUT2D eigenvalue weighted by Gasteiger charge is -2.19. The maximum absolute atomic E-state index is 11.4. The van der Waals surface area contributed by atoms with Crippen LogP contribution < -0.4 is 5.32 Å². The van der Waals surface area contributed by atoms with Gasteiger partial charge in [0.15, 0.2) is 0 Å². The van der Waals surface area contributed by atoms with Crippen molar-refractivity contribution < 1.29 is 9.53 Å². The Morgan fingerprint density at radius 3 is 2.71 bits per heavy atom. The summed E-state index contributed by atoms with van der Waals surface area (Å²) in [6.45, 7) is 2.00. The summed E-state index contributed by atoms with van der Waals surface area (Å²) in [4.78, 5) is 11.4. The van der Waals surface area contributed by atoms with E-state index < -0.39 is 0 Å². The first-order valence-corrected chi connectivity index (χ1v) is 5.03. The minimum Gasteiger partial charge on any atom is -0.468 e. The molecule has 1 rings (SSSR count). The number of hydrogen-bond donors (Lipinski definition) is 1. The Bertz CT molecular complexity index is 240. The first-order valence-electron chi connectivity index (χ1n) is 5.03. The number of carbonyl (C=O) groups excluding carboxylic acids is 1. The van der Waals surface area contributed by atoms with Crippen molar-refractivity contribution in [2.45, 2.75) is 38.3 Å². The second-order valence-corrected chi connectivity index (χ2v) is 3.63. The van der Waals surface area contributed by atoms with Crippen LogP contribution >= 0.6 is 0 Å².